The van der Waals surface area contributed by atoms with E-state index in [-0.39, 0.29) is 11.9 Å². The molecule has 1 amide bonds. The molecule has 1 aromatic rings. The van der Waals surface area contributed by atoms with Gasteiger partial charge >= 0.3 is 0 Å². The zero-order chi connectivity index (χ0) is 13.0. The third-order valence-corrected chi connectivity index (χ3v) is 3.92. The molecule has 1 unspecified atom stereocenters. The van der Waals surface area contributed by atoms with Gasteiger partial charge in [-0.25, -0.2) is 0 Å². The Morgan fingerprint density at radius 1 is 1.28 bits per heavy atom. The predicted molar refractivity (Wildman–Crippen MR) is 72.9 cm³/mol. The molecule has 1 aromatic carbocycles. The van der Waals surface area contributed by atoms with Gasteiger partial charge in [0.2, 0.25) is 5.91 Å². The van der Waals surface area contributed by atoms with Crippen molar-refractivity contribution in [2.75, 3.05) is 0 Å². The van der Waals surface area contributed by atoms with Crippen LogP contribution < -0.4 is 11.1 Å². The summed E-state index contributed by atoms with van der Waals surface area (Å²) >= 11 is 0. The molecule has 0 aromatic heterocycles. The lowest BCUT2D eigenvalue weighted by Gasteiger charge is -2.22. The van der Waals surface area contributed by atoms with Gasteiger partial charge in [-0.15, -0.1) is 0 Å². The Kier molecular flexibility index (Phi) is 4.37. The SMILES string of the molecule is CC(NC(=O)[C@@H](N)c1ccccc1)C1CCCC1. The van der Waals surface area contributed by atoms with Crippen LogP contribution in [-0.4, -0.2) is 11.9 Å². The van der Waals surface area contributed by atoms with Crippen molar-refractivity contribution in [3.05, 3.63) is 35.9 Å². The summed E-state index contributed by atoms with van der Waals surface area (Å²) in [5.74, 6) is 0.553. The number of hydrogen-bond donors (Lipinski definition) is 2. The number of carbonyl (C=O) groups is 1. The van der Waals surface area contributed by atoms with Gasteiger partial charge in [0.05, 0.1) is 0 Å². The lowest BCUT2D eigenvalue weighted by Crippen LogP contribution is -2.42. The summed E-state index contributed by atoms with van der Waals surface area (Å²) in [5.41, 5.74) is 6.84. The van der Waals surface area contributed by atoms with E-state index in [1.54, 1.807) is 0 Å². The van der Waals surface area contributed by atoms with Crippen molar-refractivity contribution >= 4 is 5.91 Å². The number of benzene rings is 1. The van der Waals surface area contributed by atoms with Crippen LogP contribution in [0.25, 0.3) is 0 Å². The number of nitrogens with one attached hydrogen (secondary N) is 1. The molecule has 0 saturated heterocycles. The third-order valence-electron chi connectivity index (χ3n) is 3.92. The van der Waals surface area contributed by atoms with Gasteiger partial charge in [0.1, 0.15) is 6.04 Å². The van der Waals surface area contributed by atoms with E-state index >= 15 is 0 Å². The molecule has 0 radical (unpaired) electrons. The first-order chi connectivity index (χ1) is 8.68. The maximum absolute atomic E-state index is 12.1. The van der Waals surface area contributed by atoms with E-state index in [0.29, 0.717) is 5.92 Å². The molecule has 0 bridgehead atoms. The average Bonchev–Trinajstić information content (AvgIpc) is 2.92. The second-order valence-corrected chi connectivity index (χ2v) is 5.23. The van der Waals surface area contributed by atoms with Gasteiger partial charge in [0.25, 0.3) is 0 Å². The molecule has 2 atom stereocenters. The largest absolute Gasteiger partial charge is 0.352 e. The van der Waals surface area contributed by atoms with E-state index in [2.05, 4.69) is 12.2 Å². The molecular weight excluding hydrogens is 224 g/mol. The third kappa shape index (κ3) is 3.10. The normalized spacial score (nSPS) is 19.4. The van der Waals surface area contributed by atoms with Crippen LogP contribution in [-0.2, 0) is 4.79 Å². The van der Waals surface area contributed by atoms with E-state index < -0.39 is 6.04 Å². The van der Waals surface area contributed by atoms with Gasteiger partial charge in [-0.05, 0) is 31.2 Å². The lowest BCUT2D eigenvalue weighted by atomic mass is 9.99. The minimum absolute atomic E-state index is 0.0689. The Bertz CT molecular complexity index is 385. The zero-order valence-corrected chi connectivity index (χ0v) is 10.9. The fourth-order valence-corrected chi connectivity index (χ4v) is 2.70. The molecule has 1 fully saturated rings. The van der Waals surface area contributed by atoms with E-state index in [1.165, 1.54) is 25.7 Å². The topological polar surface area (TPSA) is 55.1 Å². The first-order valence-corrected chi connectivity index (χ1v) is 6.79. The molecule has 0 spiro atoms. The molecule has 0 aliphatic heterocycles. The maximum atomic E-state index is 12.1. The van der Waals surface area contributed by atoms with Crippen molar-refractivity contribution in [1.82, 2.24) is 5.32 Å². The van der Waals surface area contributed by atoms with Crippen LogP contribution in [0.15, 0.2) is 30.3 Å². The van der Waals surface area contributed by atoms with Crippen molar-refractivity contribution in [1.29, 1.82) is 0 Å². The highest BCUT2D eigenvalue weighted by atomic mass is 16.2. The minimum atomic E-state index is -0.560. The van der Waals surface area contributed by atoms with Crippen LogP contribution >= 0.6 is 0 Å². The average molecular weight is 246 g/mol. The molecule has 2 rings (SSSR count). The lowest BCUT2D eigenvalue weighted by molar-refractivity contribution is -0.123. The summed E-state index contributed by atoms with van der Waals surface area (Å²) in [6.07, 6.45) is 5.02. The van der Waals surface area contributed by atoms with Crippen LogP contribution in [0.1, 0.15) is 44.2 Å². The number of carbonyl (C=O) groups excluding carboxylic acids is 1. The molecule has 1 aliphatic carbocycles. The van der Waals surface area contributed by atoms with Crippen molar-refractivity contribution in [3.63, 3.8) is 0 Å². The van der Waals surface area contributed by atoms with E-state index in [0.717, 1.165) is 5.56 Å². The maximum Gasteiger partial charge on any atom is 0.241 e. The fourth-order valence-electron chi connectivity index (χ4n) is 2.70. The first-order valence-electron chi connectivity index (χ1n) is 6.79. The van der Waals surface area contributed by atoms with Gasteiger partial charge in [0.15, 0.2) is 0 Å². The summed E-state index contributed by atoms with van der Waals surface area (Å²) in [6, 6.07) is 9.19. The van der Waals surface area contributed by atoms with Crippen LogP contribution in [0.4, 0.5) is 0 Å². The summed E-state index contributed by atoms with van der Waals surface area (Å²) in [7, 11) is 0. The summed E-state index contributed by atoms with van der Waals surface area (Å²) in [4.78, 5) is 12.1. The molecule has 18 heavy (non-hydrogen) atoms. The summed E-state index contributed by atoms with van der Waals surface area (Å²) in [6.45, 7) is 2.09. The van der Waals surface area contributed by atoms with E-state index in [1.807, 2.05) is 30.3 Å². The first kappa shape index (κ1) is 13.1. The van der Waals surface area contributed by atoms with E-state index in [9.17, 15) is 4.79 Å². The van der Waals surface area contributed by atoms with E-state index in [4.69, 9.17) is 5.73 Å². The van der Waals surface area contributed by atoms with Crippen LogP contribution in [0.2, 0.25) is 0 Å². The van der Waals surface area contributed by atoms with Gasteiger partial charge in [-0.2, -0.15) is 0 Å². The monoisotopic (exact) mass is 246 g/mol. The number of rotatable bonds is 4. The molecule has 1 saturated carbocycles. The number of hydrogen-bond acceptors (Lipinski definition) is 2. The van der Waals surface area contributed by atoms with Gasteiger partial charge in [-0.3, -0.25) is 4.79 Å². The quantitative estimate of drug-likeness (QED) is 0.857. The van der Waals surface area contributed by atoms with Crippen molar-refractivity contribution < 1.29 is 4.79 Å². The standard InChI is InChI=1S/C15H22N2O/c1-11(12-7-5-6-8-12)17-15(18)14(16)13-9-3-2-4-10-13/h2-4,9-12,14H,5-8,16H2,1H3,(H,17,18)/t11?,14-/m0/s1. The summed E-state index contributed by atoms with van der Waals surface area (Å²) in [5, 5.41) is 3.06. The Balaban J connectivity index is 1.91. The molecule has 0 heterocycles. The highest BCUT2D eigenvalue weighted by molar-refractivity contribution is 5.83. The van der Waals surface area contributed by atoms with Gasteiger partial charge in [-0.1, -0.05) is 43.2 Å². The Morgan fingerprint density at radius 3 is 2.50 bits per heavy atom. The molecule has 3 nitrogen and oxygen atoms in total. The van der Waals surface area contributed by atoms with Crippen LogP contribution in [0.5, 0.6) is 0 Å². The number of nitrogens with two attached hydrogens (primary N) is 1. The van der Waals surface area contributed by atoms with Crippen LogP contribution in [0, 0.1) is 5.92 Å². The predicted octanol–water partition coefficient (Wildman–Crippen LogP) is 2.38. The van der Waals surface area contributed by atoms with Gasteiger partial charge in [0, 0.05) is 6.04 Å². The molecule has 3 N–H and O–H groups in total. The zero-order valence-electron chi connectivity index (χ0n) is 10.9. The second kappa shape index (κ2) is 6.01. The highest BCUT2D eigenvalue weighted by Gasteiger charge is 2.24. The van der Waals surface area contributed by atoms with Crippen LogP contribution in [0.3, 0.4) is 0 Å². The Labute approximate surface area is 109 Å². The number of amides is 1. The fraction of sp³-hybridized carbons (Fsp3) is 0.533. The van der Waals surface area contributed by atoms with Crippen molar-refractivity contribution in [2.24, 2.45) is 11.7 Å². The Hall–Kier alpha value is -1.35. The smallest absolute Gasteiger partial charge is 0.241 e. The van der Waals surface area contributed by atoms with Gasteiger partial charge < -0.3 is 11.1 Å². The molecule has 1 aliphatic rings. The van der Waals surface area contributed by atoms with Crippen molar-refractivity contribution in [3.8, 4) is 0 Å². The Morgan fingerprint density at radius 2 is 1.89 bits per heavy atom. The minimum Gasteiger partial charge on any atom is -0.352 e. The summed E-state index contributed by atoms with van der Waals surface area (Å²) < 4.78 is 0. The molecular formula is C15H22N2O. The van der Waals surface area contributed by atoms with Crippen molar-refractivity contribution in [2.45, 2.75) is 44.7 Å². The molecule has 3 heteroatoms. The highest BCUT2D eigenvalue weighted by Crippen LogP contribution is 2.27. The second-order valence-electron chi connectivity index (χ2n) is 5.23. The molecule has 98 valence electrons.